The highest BCUT2D eigenvalue weighted by atomic mass is 35.5. The molecule has 1 aromatic rings. The SMILES string of the molecule is CCN1CCN(CCN2C(=O)[C@H]3C(C(=O)Nc4ccc(Cl)c(Cl)c4)[C@H]4C=CC3(O4)C2C(=O)NC2CCCCC2)CC1.Cl. The molecule has 4 fully saturated rings. The molecule has 4 heterocycles. The van der Waals surface area contributed by atoms with E-state index in [4.69, 9.17) is 27.9 Å². The Bertz CT molecular complexity index is 1220. The maximum atomic E-state index is 14.2. The van der Waals surface area contributed by atoms with E-state index in [9.17, 15) is 14.4 Å². The van der Waals surface area contributed by atoms with Gasteiger partial charge in [-0.05, 0) is 37.6 Å². The molecule has 2 bridgehead atoms. The first-order valence-corrected chi connectivity index (χ1v) is 15.7. The van der Waals surface area contributed by atoms with Gasteiger partial charge in [0.1, 0.15) is 11.6 Å². The lowest BCUT2D eigenvalue weighted by molar-refractivity contribution is -0.141. The van der Waals surface area contributed by atoms with Gasteiger partial charge in [-0.15, -0.1) is 12.4 Å². The number of fused-ring (bicyclic) bond motifs is 1. The maximum Gasteiger partial charge on any atom is 0.246 e. The summed E-state index contributed by atoms with van der Waals surface area (Å²) in [7, 11) is 0. The summed E-state index contributed by atoms with van der Waals surface area (Å²) < 4.78 is 6.48. The molecular weight excluding hydrogens is 601 g/mol. The van der Waals surface area contributed by atoms with Crippen molar-refractivity contribution in [2.75, 3.05) is 51.1 Å². The van der Waals surface area contributed by atoms with E-state index in [0.29, 0.717) is 28.8 Å². The van der Waals surface area contributed by atoms with E-state index < -0.39 is 29.6 Å². The second kappa shape index (κ2) is 13.0. The van der Waals surface area contributed by atoms with Crippen LogP contribution >= 0.6 is 35.6 Å². The van der Waals surface area contributed by atoms with Crippen molar-refractivity contribution < 1.29 is 19.1 Å². The standard InChI is InChI=1S/C30H39Cl2N5O4.ClH/c1-2-35-12-14-36(15-13-35)16-17-37-26(28(39)33-19-6-4-3-5-7-19)30-11-10-23(41-30)24(25(30)29(37)40)27(38)34-20-8-9-21(31)22(32)18-20;/h8-11,18-19,23-26H,2-7,12-17H2,1H3,(H,33,39)(H,34,38);1H/t23-,24?,25-,26?,30?;/m1./s1. The second-order valence-corrected chi connectivity index (χ2v) is 12.8. The Labute approximate surface area is 263 Å². The van der Waals surface area contributed by atoms with Gasteiger partial charge >= 0.3 is 0 Å². The number of likely N-dealkylation sites (tertiary alicyclic amines) is 1. The summed E-state index contributed by atoms with van der Waals surface area (Å²) in [6.45, 7) is 8.13. The molecule has 0 radical (unpaired) electrons. The number of nitrogens with one attached hydrogen (secondary N) is 2. The Hall–Kier alpha value is -1.88. The minimum absolute atomic E-state index is 0. The Morgan fingerprint density at radius 1 is 1.00 bits per heavy atom. The fraction of sp³-hybridized carbons (Fsp3) is 0.633. The zero-order valence-corrected chi connectivity index (χ0v) is 26.2. The minimum Gasteiger partial charge on any atom is -0.359 e. The molecule has 6 rings (SSSR count). The lowest BCUT2D eigenvalue weighted by Gasteiger charge is -2.37. The van der Waals surface area contributed by atoms with Crippen molar-refractivity contribution in [3.63, 3.8) is 0 Å². The van der Waals surface area contributed by atoms with Crippen molar-refractivity contribution in [1.29, 1.82) is 0 Å². The summed E-state index contributed by atoms with van der Waals surface area (Å²) in [5, 5.41) is 6.87. The van der Waals surface area contributed by atoms with Crippen LogP contribution in [0.15, 0.2) is 30.4 Å². The Morgan fingerprint density at radius 3 is 2.40 bits per heavy atom. The second-order valence-electron chi connectivity index (χ2n) is 12.0. The summed E-state index contributed by atoms with van der Waals surface area (Å²) >= 11 is 12.2. The predicted molar refractivity (Wildman–Crippen MR) is 165 cm³/mol. The Morgan fingerprint density at radius 2 is 1.71 bits per heavy atom. The number of piperazine rings is 1. The summed E-state index contributed by atoms with van der Waals surface area (Å²) in [5.41, 5.74) is -0.675. The molecule has 1 aromatic carbocycles. The number of benzene rings is 1. The normalized spacial score (nSPS) is 31.2. The van der Waals surface area contributed by atoms with Gasteiger partial charge in [-0.25, -0.2) is 0 Å². The molecule has 4 aliphatic heterocycles. The van der Waals surface area contributed by atoms with Crippen LogP contribution in [-0.2, 0) is 19.1 Å². The first-order chi connectivity index (χ1) is 19.8. The number of ether oxygens (including phenoxy) is 1. The number of carbonyl (C=O) groups excluding carboxylic acids is 3. The number of halogens is 3. The number of rotatable bonds is 8. The average Bonchev–Trinajstić information content (AvgIpc) is 3.62. The maximum absolute atomic E-state index is 14.2. The molecule has 230 valence electrons. The van der Waals surface area contributed by atoms with Crippen LogP contribution in [0.3, 0.4) is 0 Å². The van der Waals surface area contributed by atoms with E-state index in [0.717, 1.165) is 58.4 Å². The quantitative estimate of drug-likeness (QED) is 0.422. The van der Waals surface area contributed by atoms with Crippen LogP contribution in [0, 0.1) is 11.8 Å². The first kappa shape index (κ1) is 31.5. The third kappa shape index (κ3) is 5.81. The van der Waals surface area contributed by atoms with Gasteiger partial charge in [-0.3, -0.25) is 19.3 Å². The van der Waals surface area contributed by atoms with E-state index in [1.54, 1.807) is 23.1 Å². The molecule has 1 spiro atoms. The number of hydrogen-bond donors (Lipinski definition) is 2. The summed E-state index contributed by atoms with van der Waals surface area (Å²) in [5.74, 6) is -2.24. The molecule has 12 heteroatoms. The Balaban J connectivity index is 0.00000353. The van der Waals surface area contributed by atoms with Gasteiger partial charge in [0.2, 0.25) is 17.7 Å². The van der Waals surface area contributed by atoms with Crippen molar-refractivity contribution in [1.82, 2.24) is 20.0 Å². The van der Waals surface area contributed by atoms with E-state index >= 15 is 0 Å². The van der Waals surface area contributed by atoms with Crippen LogP contribution in [0.4, 0.5) is 5.69 Å². The van der Waals surface area contributed by atoms with Crippen molar-refractivity contribution >= 4 is 59.0 Å². The van der Waals surface area contributed by atoms with E-state index in [2.05, 4.69) is 27.4 Å². The van der Waals surface area contributed by atoms with Crippen molar-refractivity contribution in [2.45, 2.75) is 62.8 Å². The van der Waals surface area contributed by atoms with Crippen LogP contribution in [-0.4, -0.2) is 102 Å². The van der Waals surface area contributed by atoms with Crippen LogP contribution in [0.5, 0.6) is 0 Å². The molecule has 9 nitrogen and oxygen atoms in total. The van der Waals surface area contributed by atoms with Gasteiger partial charge in [0.25, 0.3) is 0 Å². The fourth-order valence-corrected chi connectivity index (χ4v) is 7.71. The smallest absolute Gasteiger partial charge is 0.246 e. The zero-order chi connectivity index (χ0) is 28.7. The van der Waals surface area contributed by atoms with Gasteiger partial charge in [-0.2, -0.15) is 0 Å². The number of anilines is 1. The molecule has 1 saturated carbocycles. The van der Waals surface area contributed by atoms with E-state index in [1.165, 1.54) is 6.42 Å². The third-order valence-electron chi connectivity index (χ3n) is 9.63. The first-order valence-electron chi connectivity index (χ1n) is 15.0. The molecule has 0 aromatic heterocycles. The summed E-state index contributed by atoms with van der Waals surface area (Å²) in [6.07, 6.45) is 8.38. The lowest BCUT2D eigenvalue weighted by atomic mass is 9.74. The van der Waals surface area contributed by atoms with Gasteiger partial charge in [-0.1, -0.05) is 61.5 Å². The molecular formula is C30H40Cl3N5O4. The van der Waals surface area contributed by atoms with Crippen molar-refractivity contribution in [2.24, 2.45) is 11.8 Å². The van der Waals surface area contributed by atoms with E-state index in [-0.39, 0.29) is 36.2 Å². The summed E-state index contributed by atoms with van der Waals surface area (Å²) in [6, 6.07) is 4.16. The number of hydrogen-bond acceptors (Lipinski definition) is 6. The highest BCUT2D eigenvalue weighted by Gasteiger charge is 2.72. The molecule has 2 N–H and O–H groups in total. The topological polar surface area (TPSA) is 94.2 Å². The van der Waals surface area contributed by atoms with E-state index in [1.807, 2.05) is 12.2 Å². The fourth-order valence-electron chi connectivity index (χ4n) is 7.41. The highest BCUT2D eigenvalue weighted by Crippen LogP contribution is 2.55. The molecule has 1 aliphatic carbocycles. The molecule has 3 unspecified atom stereocenters. The third-order valence-corrected chi connectivity index (χ3v) is 10.4. The van der Waals surface area contributed by atoms with Crippen molar-refractivity contribution in [3.05, 3.63) is 40.4 Å². The molecule has 3 saturated heterocycles. The van der Waals surface area contributed by atoms with Gasteiger partial charge in [0, 0.05) is 51.0 Å². The number of likely N-dealkylation sites (N-methyl/N-ethyl adjacent to an activating group) is 1. The zero-order valence-electron chi connectivity index (χ0n) is 23.9. The molecule has 3 amide bonds. The number of carbonyl (C=O) groups is 3. The lowest BCUT2D eigenvalue weighted by Crippen LogP contribution is -2.57. The minimum atomic E-state index is -1.17. The molecule has 42 heavy (non-hydrogen) atoms. The van der Waals surface area contributed by atoms with Gasteiger partial charge in [0.05, 0.1) is 28.0 Å². The van der Waals surface area contributed by atoms with Crippen LogP contribution in [0.1, 0.15) is 39.0 Å². The van der Waals surface area contributed by atoms with Gasteiger partial charge < -0.3 is 25.2 Å². The van der Waals surface area contributed by atoms with Crippen molar-refractivity contribution in [3.8, 4) is 0 Å². The van der Waals surface area contributed by atoms with Crippen LogP contribution in [0.2, 0.25) is 10.0 Å². The summed E-state index contributed by atoms with van der Waals surface area (Å²) in [4.78, 5) is 48.3. The number of nitrogens with zero attached hydrogens (tertiary/aromatic N) is 3. The molecule has 5 atom stereocenters. The number of amides is 3. The monoisotopic (exact) mass is 639 g/mol. The van der Waals surface area contributed by atoms with Crippen LogP contribution in [0.25, 0.3) is 0 Å². The Kier molecular flexibility index (Phi) is 9.77. The highest BCUT2D eigenvalue weighted by molar-refractivity contribution is 6.42. The largest absolute Gasteiger partial charge is 0.359 e. The average molecular weight is 641 g/mol. The van der Waals surface area contributed by atoms with Crippen LogP contribution < -0.4 is 10.6 Å². The van der Waals surface area contributed by atoms with Gasteiger partial charge in [0.15, 0.2) is 0 Å². The molecule has 5 aliphatic rings. The predicted octanol–water partition coefficient (Wildman–Crippen LogP) is 3.59.